The Morgan fingerprint density at radius 2 is 2.14 bits per heavy atom. The number of rotatable bonds is 7. The highest BCUT2D eigenvalue weighted by Crippen LogP contribution is 2.28. The Kier molecular flexibility index (Phi) is 6.69. The summed E-state index contributed by atoms with van der Waals surface area (Å²) in [5.74, 6) is 0.608. The Morgan fingerprint density at radius 3 is 2.82 bits per heavy atom. The Morgan fingerprint density at radius 1 is 1.36 bits per heavy atom. The number of nitrogens with zero attached hydrogens (tertiary/aromatic N) is 1. The first kappa shape index (κ1) is 16.8. The maximum Gasteiger partial charge on any atom is 0.317 e. The van der Waals surface area contributed by atoms with Crippen molar-refractivity contribution < 1.29 is 9.18 Å². The van der Waals surface area contributed by atoms with E-state index in [1.807, 2.05) is 13.0 Å². The zero-order chi connectivity index (χ0) is 15.8. The summed E-state index contributed by atoms with van der Waals surface area (Å²) < 4.78 is 13.2. The van der Waals surface area contributed by atoms with E-state index in [-0.39, 0.29) is 11.8 Å². The molecule has 1 aliphatic rings. The van der Waals surface area contributed by atoms with Gasteiger partial charge in [-0.25, -0.2) is 9.18 Å². The summed E-state index contributed by atoms with van der Waals surface area (Å²) in [4.78, 5) is 13.9. The van der Waals surface area contributed by atoms with Crippen LogP contribution in [0, 0.1) is 11.7 Å². The first-order valence-corrected chi connectivity index (χ1v) is 8.46. The summed E-state index contributed by atoms with van der Waals surface area (Å²) in [7, 11) is 0. The quantitative estimate of drug-likeness (QED) is 0.747. The lowest BCUT2D eigenvalue weighted by Crippen LogP contribution is -2.39. The van der Waals surface area contributed by atoms with E-state index in [2.05, 4.69) is 5.32 Å². The fourth-order valence-corrected chi connectivity index (χ4v) is 3.18. The van der Waals surface area contributed by atoms with E-state index >= 15 is 0 Å². The second kappa shape index (κ2) is 8.76. The van der Waals surface area contributed by atoms with Gasteiger partial charge in [-0.05, 0) is 43.4 Å². The van der Waals surface area contributed by atoms with Crippen molar-refractivity contribution in [1.29, 1.82) is 0 Å². The Labute approximate surface area is 132 Å². The van der Waals surface area contributed by atoms with Crippen LogP contribution in [-0.4, -0.2) is 24.0 Å². The average Bonchev–Trinajstić information content (AvgIpc) is 3.02. The molecule has 2 rings (SSSR count). The highest BCUT2D eigenvalue weighted by Gasteiger charge is 2.15. The van der Waals surface area contributed by atoms with Crippen molar-refractivity contribution in [2.24, 2.45) is 5.92 Å². The largest absolute Gasteiger partial charge is 0.338 e. The minimum absolute atomic E-state index is 0.0572. The normalized spacial score (nSPS) is 15.0. The molecule has 0 radical (unpaired) electrons. The fraction of sp³-hybridized carbons (Fsp3) is 0.611. The van der Waals surface area contributed by atoms with E-state index in [1.165, 1.54) is 44.2 Å². The fourth-order valence-electron chi connectivity index (χ4n) is 3.18. The van der Waals surface area contributed by atoms with Crippen LogP contribution in [0.3, 0.4) is 0 Å². The molecule has 122 valence electrons. The minimum atomic E-state index is -0.259. The van der Waals surface area contributed by atoms with Gasteiger partial charge >= 0.3 is 6.03 Å². The van der Waals surface area contributed by atoms with Crippen molar-refractivity contribution in [1.82, 2.24) is 10.2 Å². The highest BCUT2D eigenvalue weighted by atomic mass is 19.1. The second-order valence-corrected chi connectivity index (χ2v) is 6.17. The summed E-state index contributed by atoms with van der Waals surface area (Å²) in [6, 6.07) is 6.37. The van der Waals surface area contributed by atoms with E-state index in [1.54, 1.807) is 11.0 Å². The molecule has 4 heteroatoms. The molecule has 1 aliphatic carbocycles. The van der Waals surface area contributed by atoms with Crippen molar-refractivity contribution in [2.75, 3.05) is 13.1 Å². The molecule has 0 bridgehead atoms. The molecule has 1 N–H and O–H groups in total. The SMILES string of the molecule is CCN(Cc1cccc(F)c1)C(=O)NCCCC1CCCC1. The van der Waals surface area contributed by atoms with Crippen LogP contribution in [0.5, 0.6) is 0 Å². The molecule has 0 unspecified atom stereocenters. The Balaban J connectivity index is 1.71. The summed E-state index contributed by atoms with van der Waals surface area (Å²) >= 11 is 0. The third-order valence-corrected chi connectivity index (χ3v) is 4.47. The van der Waals surface area contributed by atoms with Gasteiger partial charge in [0.15, 0.2) is 0 Å². The number of hydrogen-bond acceptors (Lipinski definition) is 1. The van der Waals surface area contributed by atoms with Crippen molar-refractivity contribution in [3.63, 3.8) is 0 Å². The minimum Gasteiger partial charge on any atom is -0.338 e. The van der Waals surface area contributed by atoms with Crippen LogP contribution in [0.2, 0.25) is 0 Å². The standard InChI is InChI=1S/C18H27FN2O/c1-2-21(14-16-9-5-11-17(19)13-16)18(22)20-12-6-10-15-7-3-4-8-15/h5,9,11,13,15H,2-4,6-8,10,12,14H2,1H3,(H,20,22). The van der Waals surface area contributed by atoms with E-state index in [4.69, 9.17) is 0 Å². The lowest BCUT2D eigenvalue weighted by Gasteiger charge is -2.21. The predicted octanol–water partition coefficient (Wildman–Crippen LogP) is 4.33. The highest BCUT2D eigenvalue weighted by molar-refractivity contribution is 5.74. The van der Waals surface area contributed by atoms with Gasteiger partial charge in [-0.1, -0.05) is 37.8 Å². The molecule has 0 atom stereocenters. The van der Waals surface area contributed by atoms with E-state index in [0.717, 1.165) is 24.4 Å². The molecular formula is C18H27FN2O. The number of benzene rings is 1. The summed E-state index contributed by atoms with van der Waals surface area (Å²) in [5.41, 5.74) is 0.822. The van der Waals surface area contributed by atoms with Gasteiger partial charge in [0.25, 0.3) is 0 Å². The molecule has 0 saturated heterocycles. The topological polar surface area (TPSA) is 32.3 Å². The van der Waals surface area contributed by atoms with Gasteiger partial charge in [0.2, 0.25) is 0 Å². The third kappa shape index (κ3) is 5.32. The van der Waals surface area contributed by atoms with E-state index < -0.39 is 0 Å². The smallest absolute Gasteiger partial charge is 0.317 e. The Hall–Kier alpha value is -1.58. The molecule has 2 amide bonds. The number of amides is 2. The number of urea groups is 1. The van der Waals surface area contributed by atoms with Gasteiger partial charge in [-0.15, -0.1) is 0 Å². The first-order valence-electron chi connectivity index (χ1n) is 8.46. The van der Waals surface area contributed by atoms with Crippen LogP contribution in [0.25, 0.3) is 0 Å². The lowest BCUT2D eigenvalue weighted by atomic mass is 10.0. The second-order valence-electron chi connectivity index (χ2n) is 6.17. The van der Waals surface area contributed by atoms with Crippen molar-refractivity contribution >= 4 is 6.03 Å². The molecule has 0 heterocycles. The molecule has 22 heavy (non-hydrogen) atoms. The third-order valence-electron chi connectivity index (χ3n) is 4.47. The molecule has 0 spiro atoms. The van der Waals surface area contributed by atoms with E-state index in [9.17, 15) is 9.18 Å². The maximum atomic E-state index is 13.2. The predicted molar refractivity (Wildman–Crippen MR) is 87.1 cm³/mol. The molecule has 1 aromatic carbocycles. The molecule has 0 aromatic heterocycles. The van der Waals surface area contributed by atoms with Crippen molar-refractivity contribution in [3.05, 3.63) is 35.6 Å². The van der Waals surface area contributed by atoms with Gasteiger partial charge in [-0.2, -0.15) is 0 Å². The summed E-state index contributed by atoms with van der Waals surface area (Å²) in [5, 5.41) is 2.99. The number of carbonyl (C=O) groups is 1. The Bertz CT molecular complexity index is 472. The zero-order valence-corrected chi connectivity index (χ0v) is 13.5. The summed E-state index contributed by atoms with van der Waals surface area (Å²) in [6.45, 7) is 3.74. The van der Waals surface area contributed by atoms with Crippen molar-refractivity contribution in [2.45, 2.75) is 52.0 Å². The van der Waals surface area contributed by atoms with Gasteiger partial charge in [-0.3, -0.25) is 0 Å². The monoisotopic (exact) mass is 306 g/mol. The lowest BCUT2D eigenvalue weighted by molar-refractivity contribution is 0.197. The van der Waals surface area contributed by atoms with Crippen LogP contribution in [0.15, 0.2) is 24.3 Å². The van der Waals surface area contributed by atoms with Crippen LogP contribution in [-0.2, 0) is 6.54 Å². The van der Waals surface area contributed by atoms with E-state index in [0.29, 0.717) is 13.1 Å². The first-order chi connectivity index (χ1) is 10.7. The molecule has 0 aliphatic heterocycles. The summed E-state index contributed by atoms with van der Waals surface area (Å²) in [6.07, 6.45) is 7.72. The number of carbonyl (C=O) groups excluding carboxylic acids is 1. The van der Waals surface area contributed by atoms with Gasteiger partial charge < -0.3 is 10.2 Å². The zero-order valence-electron chi connectivity index (χ0n) is 13.5. The molecule has 1 aromatic rings. The van der Waals surface area contributed by atoms with Crippen LogP contribution in [0.1, 0.15) is 51.0 Å². The number of halogens is 1. The molecule has 3 nitrogen and oxygen atoms in total. The molecule has 1 fully saturated rings. The molecular weight excluding hydrogens is 279 g/mol. The van der Waals surface area contributed by atoms with Crippen molar-refractivity contribution in [3.8, 4) is 0 Å². The molecule has 1 saturated carbocycles. The van der Waals surface area contributed by atoms with Crippen LogP contribution < -0.4 is 5.32 Å². The maximum absolute atomic E-state index is 13.2. The number of hydrogen-bond donors (Lipinski definition) is 1. The van der Waals surface area contributed by atoms with Gasteiger partial charge in [0, 0.05) is 19.6 Å². The van der Waals surface area contributed by atoms with Gasteiger partial charge in [0.05, 0.1) is 0 Å². The average molecular weight is 306 g/mol. The van der Waals surface area contributed by atoms with Crippen LogP contribution >= 0.6 is 0 Å². The van der Waals surface area contributed by atoms with Gasteiger partial charge in [0.1, 0.15) is 5.82 Å². The van der Waals surface area contributed by atoms with Crippen LogP contribution in [0.4, 0.5) is 9.18 Å². The number of nitrogens with one attached hydrogen (secondary N) is 1.